The lowest BCUT2D eigenvalue weighted by atomic mass is 10.3. The lowest BCUT2D eigenvalue weighted by Crippen LogP contribution is -1.68. The van der Waals surface area contributed by atoms with Gasteiger partial charge < -0.3 is 0 Å². The highest BCUT2D eigenvalue weighted by molar-refractivity contribution is 9.08. The fourth-order valence-corrected chi connectivity index (χ4v) is 2.50. The van der Waals surface area contributed by atoms with Crippen molar-refractivity contribution >= 4 is 38.9 Å². The molecule has 0 nitrogen and oxygen atoms in total. The van der Waals surface area contributed by atoms with Crippen LogP contribution in [0.4, 0.5) is 0 Å². The molecule has 0 aliphatic heterocycles. The number of alkyl halides is 1. The molecule has 0 radical (unpaired) electrons. The summed E-state index contributed by atoms with van der Waals surface area (Å²) >= 11 is 10.9. The van der Waals surface area contributed by atoms with Crippen molar-refractivity contribution in [1.82, 2.24) is 0 Å². The zero-order valence-electron chi connectivity index (χ0n) is 4.95. The maximum atomic E-state index is 5.89. The highest BCUT2D eigenvalue weighted by atomic mass is 79.9. The first-order valence-electron chi connectivity index (χ1n) is 2.54. The predicted molar refractivity (Wildman–Crippen MR) is 46.7 cm³/mol. The molecule has 0 spiro atoms. The van der Waals surface area contributed by atoms with Crippen LogP contribution < -0.4 is 0 Å². The van der Waals surface area contributed by atoms with E-state index in [4.69, 9.17) is 11.6 Å². The van der Waals surface area contributed by atoms with Crippen LogP contribution in [0.5, 0.6) is 0 Å². The minimum atomic E-state index is 0.865. The minimum Gasteiger partial charge on any atom is -0.146 e. The average molecular weight is 226 g/mol. The van der Waals surface area contributed by atoms with Crippen LogP contribution >= 0.6 is 38.9 Å². The van der Waals surface area contributed by atoms with Gasteiger partial charge in [0.15, 0.2) is 0 Å². The normalized spacial score (nSPS) is 10.1. The SMILES string of the molecule is Cc1csc(CBr)c1Cl. The summed E-state index contributed by atoms with van der Waals surface area (Å²) in [5, 5.41) is 3.85. The third-order valence-corrected chi connectivity index (χ3v) is 3.76. The van der Waals surface area contributed by atoms with E-state index in [1.165, 1.54) is 10.4 Å². The first kappa shape index (κ1) is 7.58. The van der Waals surface area contributed by atoms with Crippen LogP contribution in [-0.4, -0.2) is 0 Å². The van der Waals surface area contributed by atoms with Crippen molar-refractivity contribution in [3.63, 3.8) is 0 Å². The highest BCUT2D eigenvalue weighted by Crippen LogP contribution is 2.28. The van der Waals surface area contributed by atoms with Gasteiger partial charge in [-0.3, -0.25) is 0 Å². The van der Waals surface area contributed by atoms with Crippen LogP contribution in [0.15, 0.2) is 5.38 Å². The standard InChI is InChI=1S/C6H6BrClS/c1-4-3-9-5(2-7)6(4)8/h3H,2H2,1H3. The molecule has 0 aliphatic rings. The Balaban J connectivity index is 3.04. The predicted octanol–water partition coefficient (Wildman–Crippen LogP) is 3.60. The average Bonchev–Trinajstić information content (AvgIpc) is 2.15. The molecule has 0 bridgehead atoms. The van der Waals surface area contributed by atoms with Crippen LogP contribution in [0, 0.1) is 6.92 Å². The summed E-state index contributed by atoms with van der Waals surface area (Å²) in [6.45, 7) is 2.02. The molecule has 0 saturated carbocycles. The molecule has 0 aliphatic carbocycles. The van der Waals surface area contributed by atoms with E-state index >= 15 is 0 Å². The second-order valence-electron chi connectivity index (χ2n) is 1.79. The first-order chi connectivity index (χ1) is 4.25. The van der Waals surface area contributed by atoms with Crippen LogP contribution in [0.3, 0.4) is 0 Å². The van der Waals surface area contributed by atoms with Gasteiger partial charge in [0.25, 0.3) is 0 Å². The van der Waals surface area contributed by atoms with Crippen molar-refractivity contribution in [1.29, 1.82) is 0 Å². The molecule has 50 valence electrons. The Kier molecular flexibility index (Phi) is 2.56. The van der Waals surface area contributed by atoms with Gasteiger partial charge in [-0.05, 0) is 17.9 Å². The Hall–Kier alpha value is 0.470. The second kappa shape index (κ2) is 3.04. The summed E-state index contributed by atoms with van der Waals surface area (Å²) in [6, 6.07) is 0. The fraction of sp³-hybridized carbons (Fsp3) is 0.333. The minimum absolute atomic E-state index is 0.865. The van der Waals surface area contributed by atoms with Gasteiger partial charge in [0.1, 0.15) is 0 Å². The van der Waals surface area contributed by atoms with Crippen molar-refractivity contribution in [2.75, 3.05) is 0 Å². The fourth-order valence-electron chi connectivity index (χ4n) is 0.573. The van der Waals surface area contributed by atoms with Crippen LogP contribution in [-0.2, 0) is 5.33 Å². The first-order valence-corrected chi connectivity index (χ1v) is 4.92. The maximum absolute atomic E-state index is 5.89. The zero-order chi connectivity index (χ0) is 6.85. The van der Waals surface area contributed by atoms with E-state index in [-0.39, 0.29) is 0 Å². The highest BCUT2D eigenvalue weighted by Gasteiger charge is 2.02. The van der Waals surface area contributed by atoms with Crippen molar-refractivity contribution in [3.8, 4) is 0 Å². The Morgan fingerprint density at radius 1 is 1.78 bits per heavy atom. The molecule has 0 saturated heterocycles. The third kappa shape index (κ3) is 1.48. The Morgan fingerprint density at radius 3 is 2.67 bits per heavy atom. The maximum Gasteiger partial charge on any atom is 0.0582 e. The van der Waals surface area contributed by atoms with Crippen molar-refractivity contribution in [2.45, 2.75) is 12.3 Å². The third-order valence-electron chi connectivity index (χ3n) is 1.09. The number of aryl methyl sites for hydroxylation is 1. The summed E-state index contributed by atoms with van der Waals surface area (Å²) < 4.78 is 0. The molecule has 1 aromatic rings. The molecule has 0 fully saturated rings. The van der Waals surface area contributed by atoms with Gasteiger partial charge in [-0.15, -0.1) is 11.3 Å². The Morgan fingerprint density at radius 2 is 2.44 bits per heavy atom. The number of rotatable bonds is 1. The molecule has 3 heteroatoms. The molecule has 0 atom stereocenters. The molecule has 0 amide bonds. The van der Waals surface area contributed by atoms with Gasteiger partial charge in [-0.1, -0.05) is 27.5 Å². The van der Waals surface area contributed by atoms with Crippen molar-refractivity contribution in [2.24, 2.45) is 0 Å². The zero-order valence-corrected chi connectivity index (χ0v) is 8.11. The molecule has 0 aromatic carbocycles. The molecule has 0 unspecified atom stereocenters. The van der Waals surface area contributed by atoms with Gasteiger partial charge in [-0.25, -0.2) is 0 Å². The van der Waals surface area contributed by atoms with E-state index in [0.717, 1.165) is 10.4 Å². The van der Waals surface area contributed by atoms with E-state index < -0.39 is 0 Å². The van der Waals surface area contributed by atoms with Gasteiger partial charge in [0, 0.05) is 10.2 Å². The van der Waals surface area contributed by atoms with Crippen molar-refractivity contribution < 1.29 is 0 Å². The monoisotopic (exact) mass is 224 g/mol. The van der Waals surface area contributed by atoms with E-state index in [1.807, 2.05) is 6.92 Å². The molecule has 1 heterocycles. The molecule has 1 rings (SSSR count). The van der Waals surface area contributed by atoms with Gasteiger partial charge in [-0.2, -0.15) is 0 Å². The lowest BCUT2D eigenvalue weighted by Gasteiger charge is -1.87. The largest absolute Gasteiger partial charge is 0.146 e. The van der Waals surface area contributed by atoms with Gasteiger partial charge in [0.2, 0.25) is 0 Å². The Bertz CT molecular complexity index is 207. The summed E-state index contributed by atoms with van der Waals surface area (Å²) in [4.78, 5) is 1.22. The summed E-state index contributed by atoms with van der Waals surface area (Å²) in [6.07, 6.45) is 0. The molecule has 9 heavy (non-hydrogen) atoms. The summed E-state index contributed by atoms with van der Waals surface area (Å²) in [7, 11) is 0. The van der Waals surface area contributed by atoms with Gasteiger partial charge >= 0.3 is 0 Å². The quantitative estimate of drug-likeness (QED) is 0.641. The number of hydrogen-bond acceptors (Lipinski definition) is 1. The van der Waals surface area contributed by atoms with E-state index in [0.29, 0.717) is 0 Å². The smallest absolute Gasteiger partial charge is 0.0582 e. The number of halogens is 2. The topological polar surface area (TPSA) is 0 Å². The lowest BCUT2D eigenvalue weighted by molar-refractivity contribution is 1.49. The van der Waals surface area contributed by atoms with Crippen LogP contribution in [0.25, 0.3) is 0 Å². The summed E-state index contributed by atoms with van der Waals surface area (Å²) in [5.74, 6) is 0. The van der Waals surface area contributed by atoms with E-state index in [2.05, 4.69) is 21.3 Å². The van der Waals surface area contributed by atoms with E-state index in [1.54, 1.807) is 11.3 Å². The molecule has 1 aromatic heterocycles. The molecular weight excluding hydrogens is 219 g/mol. The Labute approximate surface area is 72.0 Å². The second-order valence-corrected chi connectivity index (χ2v) is 3.69. The molecule has 0 N–H and O–H groups in total. The van der Waals surface area contributed by atoms with E-state index in [9.17, 15) is 0 Å². The number of thiophene rings is 1. The molecular formula is C6H6BrClS. The van der Waals surface area contributed by atoms with Crippen molar-refractivity contribution in [3.05, 3.63) is 20.8 Å². The van der Waals surface area contributed by atoms with Gasteiger partial charge in [0.05, 0.1) is 5.02 Å². The number of hydrogen-bond donors (Lipinski definition) is 0. The van der Waals surface area contributed by atoms with Crippen LogP contribution in [0.1, 0.15) is 10.4 Å². The van der Waals surface area contributed by atoms with Crippen LogP contribution in [0.2, 0.25) is 5.02 Å². The summed E-state index contributed by atoms with van der Waals surface area (Å²) in [5.41, 5.74) is 1.18.